The third kappa shape index (κ3) is 3.63. The van der Waals surface area contributed by atoms with Crippen LogP contribution >= 0.6 is 10.6 Å². The fourth-order valence-corrected chi connectivity index (χ4v) is 5.69. The number of nitriles is 1. The third-order valence-electron chi connectivity index (χ3n) is 5.75. The summed E-state index contributed by atoms with van der Waals surface area (Å²) >= 11 is 0. The van der Waals surface area contributed by atoms with Gasteiger partial charge in [0.2, 0.25) is 0 Å². The Morgan fingerprint density at radius 3 is 2.63 bits per heavy atom. The highest BCUT2D eigenvalue weighted by Gasteiger charge is 2.27. The number of carbonyl (C=O) groups excluding carboxylic acids is 1. The lowest BCUT2D eigenvalue weighted by molar-refractivity contribution is 0.100. The maximum atomic E-state index is 12.2. The first kappa shape index (κ1) is 20.3. The van der Waals surface area contributed by atoms with E-state index in [1.807, 2.05) is 12.3 Å². The molecule has 2 aromatic carbocycles. The second kappa shape index (κ2) is 7.69. The summed E-state index contributed by atoms with van der Waals surface area (Å²) < 4.78 is 25.4. The zero-order valence-corrected chi connectivity index (χ0v) is 17.3. The SMILES string of the molecule is COc1ccc(C#N)cc1-c1cc(C(N)=O)c2[nH]cc(C3CCS(O)(O)CC3)c2c1. The van der Waals surface area contributed by atoms with Gasteiger partial charge in [-0.05, 0) is 60.2 Å². The molecule has 1 aromatic heterocycles. The number of carbonyl (C=O) groups is 1. The molecule has 0 unspecified atom stereocenters. The molecule has 156 valence electrons. The zero-order valence-electron chi connectivity index (χ0n) is 16.5. The van der Waals surface area contributed by atoms with Crippen molar-refractivity contribution in [3.05, 3.63) is 53.2 Å². The smallest absolute Gasteiger partial charge is 0.250 e. The van der Waals surface area contributed by atoms with Crippen molar-refractivity contribution in [2.45, 2.75) is 18.8 Å². The van der Waals surface area contributed by atoms with E-state index in [2.05, 4.69) is 11.1 Å². The van der Waals surface area contributed by atoms with Crippen LogP contribution in [-0.2, 0) is 0 Å². The highest BCUT2D eigenvalue weighted by atomic mass is 32.3. The lowest BCUT2D eigenvalue weighted by Crippen LogP contribution is -2.19. The summed E-state index contributed by atoms with van der Waals surface area (Å²) in [5.74, 6) is 0.952. The molecule has 1 fully saturated rings. The van der Waals surface area contributed by atoms with Gasteiger partial charge in [-0.2, -0.15) is 15.9 Å². The van der Waals surface area contributed by atoms with Crippen molar-refractivity contribution < 1.29 is 18.6 Å². The van der Waals surface area contributed by atoms with Crippen molar-refractivity contribution in [2.24, 2.45) is 5.73 Å². The average Bonchev–Trinajstić information content (AvgIpc) is 3.16. The second-order valence-electron chi connectivity index (χ2n) is 7.57. The summed E-state index contributed by atoms with van der Waals surface area (Å²) in [6.07, 6.45) is 3.21. The largest absolute Gasteiger partial charge is 0.496 e. The highest BCUT2D eigenvalue weighted by molar-refractivity contribution is 8.24. The van der Waals surface area contributed by atoms with E-state index in [9.17, 15) is 19.2 Å². The number of amides is 1. The number of hydrogen-bond donors (Lipinski definition) is 4. The van der Waals surface area contributed by atoms with E-state index in [0.29, 0.717) is 52.3 Å². The minimum absolute atomic E-state index is 0.155. The molecule has 0 atom stereocenters. The van der Waals surface area contributed by atoms with Gasteiger partial charge >= 0.3 is 0 Å². The number of rotatable bonds is 4. The first-order valence-electron chi connectivity index (χ1n) is 9.60. The predicted octanol–water partition coefficient (Wildman–Crippen LogP) is 4.44. The van der Waals surface area contributed by atoms with Crippen LogP contribution in [0.25, 0.3) is 22.0 Å². The molecule has 0 aliphatic carbocycles. The van der Waals surface area contributed by atoms with Crippen LogP contribution in [0.15, 0.2) is 36.5 Å². The van der Waals surface area contributed by atoms with E-state index in [4.69, 9.17) is 10.5 Å². The Morgan fingerprint density at radius 1 is 1.27 bits per heavy atom. The Hall–Kier alpha value is -2.99. The molecule has 2 heterocycles. The number of aromatic nitrogens is 1. The number of H-pyrrole nitrogens is 1. The van der Waals surface area contributed by atoms with Crippen molar-refractivity contribution >= 4 is 27.4 Å². The van der Waals surface area contributed by atoms with Crippen LogP contribution < -0.4 is 10.5 Å². The number of primary amides is 1. The molecule has 1 saturated heterocycles. The van der Waals surface area contributed by atoms with Crippen LogP contribution in [0.5, 0.6) is 5.75 Å². The van der Waals surface area contributed by atoms with Gasteiger partial charge in [-0.25, -0.2) is 0 Å². The van der Waals surface area contributed by atoms with Crippen LogP contribution in [0.2, 0.25) is 0 Å². The fraction of sp³-hybridized carbons (Fsp3) is 0.273. The first-order chi connectivity index (χ1) is 14.3. The lowest BCUT2D eigenvalue weighted by Gasteiger charge is -2.39. The molecule has 0 bridgehead atoms. The number of fused-ring (bicyclic) bond motifs is 1. The quantitative estimate of drug-likeness (QED) is 0.490. The molecule has 0 spiro atoms. The van der Waals surface area contributed by atoms with Gasteiger partial charge in [-0.3, -0.25) is 13.9 Å². The molecule has 8 heteroatoms. The topological polar surface area (TPSA) is 132 Å². The van der Waals surface area contributed by atoms with E-state index in [-0.39, 0.29) is 5.92 Å². The standard InChI is InChI=1S/C22H23N3O4S/c1-29-20-3-2-13(11-23)8-16(20)15-9-17-19(14-4-6-30(27,28)7-5-14)12-25-21(17)18(10-15)22(24)26/h2-3,8-10,12,14,25,27-28H,4-7H2,1H3,(H2,24,26). The number of methoxy groups -OCH3 is 1. The van der Waals surface area contributed by atoms with E-state index < -0.39 is 16.5 Å². The third-order valence-corrected chi connectivity index (χ3v) is 7.53. The Balaban J connectivity index is 1.89. The summed E-state index contributed by atoms with van der Waals surface area (Å²) in [6, 6.07) is 10.9. The number of aromatic amines is 1. The van der Waals surface area contributed by atoms with Gasteiger partial charge in [0.1, 0.15) is 5.75 Å². The van der Waals surface area contributed by atoms with Crippen molar-refractivity contribution in [1.29, 1.82) is 5.26 Å². The van der Waals surface area contributed by atoms with Gasteiger partial charge in [0.25, 0.3) is 5.91 Å². The van der Waals surface area contributed by atoms with Crippen LogP contribution in [0, 0.1) is 11.3 Å². The maximum absolute atomic E-state index is 12.2. The molecule has 5 N–H and O–H groups in total. The van der Waals surface area contributed by atoms with E-state index in [1.54, 1.807) is 31.4 Å². The Bertz CT molecular complexity index is 1170. The van der Waals surface area contributed by atoms with E-state index in [1.165, 1.54) is 0 Å². The van der Waals surface area contributed by atoms with Gasteiger partial charge < -0.3 is 15.5 Å². The molecule has 3 aromatic rings. The van der Waals surface area contributed by atoms with Gasteiger partial charge in [0.15, 0.2) is 0 Å². The van der Waals surface area contributed by atoms with Crippen LogP contribution in [0.4, 0.5) is 0 Å². The van der Waals surface area contributed by atoms with Crippen molar-refractivity contribution in [1.82, 2.24) is 4.98 Å². The van der Waals surface area contributed by atoms with Crippen molar-refractivity contribution in [3.8, 4) is 22.9 Å². The Morgan fingerprint density at radius 2 is 2.00 bits per heavy atom. The molecular weight excluding hydrogens is 402 g/mol. The molecule has 1 amide bonds. The molecular formula is C22H23N3O4S. The van der Waals surface area contributed by atoms with Crippen molar-refractivity contribution in [2.75, 3.05) is 18.6 Å². The highest BCUT2D eigenvalue weighted by Crippen LogP contribution is 2.49. The summed E-state index contributed by atoms with van der Waals surface area (Å²) in [6.45, 7) is 0. The number of nitrogens with one attached hydrogen (secondary N) is 1. The zero-order chi connectivity index (χ0) is 21.5. The molecule has 30 heavy (non-hydrogen) atoms. The van der Waals surface area contributed by atoms with E-state index in [0.717, 1.165) is 16.5 Å². The fourth-order valence-electron chi connectivity index (χ4n) is 4.16. The molecule has 0 radical (unpaired) electrons. The van der Waals surface area contributed by atoms with Crippen LogP contribution in [0.1, 0.15) is 40.2 Å². The molecule has 0 saturated carbocycles. The van der Waals surface area contributed by atoms with Gasteiger partial charge in [0.05, 0.1) is 29.8 Å². The van der Waals surface area contributed by atoms with Gasteiger partial charge in [0, 0.05) is 28.7 Å². The number of nitrogens with zero attached hydrogens (tertiary/aromatic N) is 1. The number of hydrogen-bond acceptors (Lipinski definition) is 5. The van der Waals surface area contributed by atoms with Gasteiger partial charge in [-0.15, -0.1) is 0 Å². The molecule has 4 rings (SSSR count). The minimum atomic E-state index is -2.48. The normalized spacial score (nSPS) is 17.4. The molecule has 7 nitrogen and oxygen atoms in total. The predicted molar refractivity (Wildman–Crippen MR) is 118 cm³/mol. The lowest BCUT2D eigenvalue weighted by atomic mass is 9.90. The molecule has 1 aliphatic rings. The molecule has 1 aliphatic heterocycles. The summed E-state index contributed by atoms with van der Waals surface area (Å²) in [4.78, 5) is 15.4. The Labute approximate surface area is 175 Å². The number of benzene rings is 2. The van der Waals surface area contributed by atoms with Crippen LogP contribution in [0.3, 0.4) is 0 Å². The average molecular weight is 426 g/mol. The summed E-state index contributed by atoms with van der Waals surface area (Å²) in [5, 5.41) is 10.2. The summed E-state index contributed by atoms with van der Waals surface area (Å²) in [7, 11) is -0.925. The van der Waals surface area contributed by atoms with Gasteiger partial charge in [-0.1, -0.05) is 0 Å². The monoisotopic (exact) mass is 425 g/mol. The van der Waals surface area contributed by atoms with Crippen molar-refractivity contribution in [3.63, 3.8) is 0 Å². The number of nitrogens with two attached hydrogens (primary N) is 1. The Kier molecular flexibility index (Phi) is 5.20. The summed E-state index contributed by atoms with van der Waals surface area (Å²) in [5.41, 5.74) is 9.63. The first-order valence-corrected chi connectivity index (χ1v) is 11.5. The minimum Gasteiger partial charge on any atom is -0.496 e. The van der Waals surface area contributed by atoms with Crippen LogP contribution in [-0.4, -0.2) is 38.6 Å². The number of ether oxygens (including phenoxy) is 1. The van der Waals surface area contributed by atoms with E-state index >= 15 is 0 Å². The second-order valence-corrected chi connectivity index (χ2v) is 9.99. The maximum Gasteiger partial charge on any atom is 0.250 e.